The van der Waals surface area contributed by atoms with Crippen LogP contribution < -0.4 is 10.1 Å². The van der Waals surface area contributed by atoms with E-state index in [9.17, 15) is 4.79 Å². The van der Waals surface area contributed by atoms with Crippen molar-refractivity contribution in [3.63, 3.8) is 0 Å². The lowest BCUT2D eigenvalue weighted by Gasteiger charge is -2.16. The molecule has 2 rings (SSSR count). The molecule has 23 heavy (non-hydrogen) atoms. The van der Waals surface area contributed by atoms with Crippen LogP contribution in [0.3, 0.4) is 0 Å². The number of unbranched alkanes of at least 4 members (excludes halogenated alkanes) is 2. The molecule has 1 aromatic heterocycles. The zero-order chi connectivity index (χ0) is 16.5. The smallest absolute Gasteiger partial charge is 0.267 e. The van der Waals surface area contributed by atoms with Crippen LogP contribution in [-0.2, 0) is 11.2 Å². The first-order valence-electron chi connectivity index (χ1n) is 8.07. The third-order valence-electron chi connectivity index (χ3n) is 3.38. The van der Waals surface area contributed by atoms with Crippen LogP contribution in [0.25, 0.3) is 0 Å². The minimum absolute atomic E-state index is 0.187. The molecule has 1 amide bonds. The molecule has 0 aliphatic carbocycles. The first-order valence-corrected chi connectivity index (χ1v) is 8.89. The van der Waals surface area contributed by atoms with E-state index in [1.54, 1.807) is 0 Å². The molecular formula is C17H23N3O2S. The number of para-hydroxylation sites is 1. The fraction of sp³-hybridized carbons (Fsp3) is 0.471. The molecule has 0 fully saturated rings. The van der Waals surface area contributed by atoms with Crippen molar-refractivity contribution < 1.29 is 9.53 Å². The van der Waals surface area contributed by atoms with Crippen molar-refractivity contribution in [1.82, 2.24) is 10.2 Å². The van der Waals surface area contributed by atoms with E-state index in [1.165, 1.54) is 24.2 Å². The molecule has 2 aromatic rings. The fourth-order valence-electron chi connectivity index (χ4n) is 2.10. The van der Waals surface area contributed by atoms with E-state index in [2.05, 4.69) is 22.4 Å². The van der Waals surface area contributed by atoms with E-state index >= 15 is 0 Å². The molecule has 1 atom stereocenters. The van der Waals surface area contributed by atoms with Gasteiger partial charge in [0.2, 0.25) is 5.13 Å². The third-order valence-corrected chi connectivity index (χ3v) is 4.27. The fourth-order valence-corrected chi connectivity index (χ4v) is 2.89. The van der Waals surface area contributed by atoms with E-state index in [4.69, 9.17) is 4.74 Å². The van der Waals surface area contributed by atoms with Gasteiger partial charge in [-0.3, -0.25) is 10.1 Å². The number of carbonyl (C=O) groups is 1. The summed E-state index contributed by atoms with van der Waals surface area (Å²) in [6.45, 7) is 4.09. The Balaban J connectivity index is 1.89. The Morgan fingerprint density at radius 1 is 1.22 bits per heavy atom. The summed E-state index contributed by atoms with van der Waals surface area (Å²) in [7, 11) is 0. The summed E-state index contributed by atoms with van der Waals surface area (Å²) in [5.74, 6) is 0.500. The van der Waals surface area contributed by atoms with Crippen molar-refractivity contribution in [1.29, 1.82) is 0 Å². The van der Waals surface area contributed by atoms with Gasteiger partial charge in [0.15, 0.2) is 6.10 Å². The number of hydrogen-bond donors (Lipinski definition) is 1. The Bertz CT molecular complexity index is 601. The molecule has 6 heteroatoms. The number of benzene rings is 1. The van der Waals surface area contributed by atoms with Gasteiger partial charge in [0, 0.05) is 6.42 Å². The molecule has 0 saturated carbocycles. The predicted molar refractivity (Wildman–Crippen MR) is 92.9 cm³/mol. The number of ether oxygens (including phenoxy) is 1. The highest BCUT2D eigenvalue weighted by Gasteiger charge is 2.20. The van der Waals surface area contributed by atoms with Crippen LogP contribution in [0, 0.1) is 0 Å². The van der Waals surface area contributed by atoms with Gasteiger partial charge in [-0.15, -0.1) is 10.2 Å². The largest absolute Gasteiger partial charge is 0.481 e. The second-order valence-electron chi connectivity index (χ2n) is 5.28. The van der Waals surface area contributed by atoms with Crippen LogP contribution in [0.5, 0.6) is 5.75 Å². The van der Waals surface area contributed by atoms with E-state index < -0.39 is 6.10 Å². The summed E-state index contributed by atoms with van der Waals surface area (Å²) in [5.41, 5.74) is 0. The maximum absolute atomic E-state index is 12.3. The number of carbonyl (C=O) groups excluding carboxylic acids is 1. The molecule has 1 aromatic carbocycles. The first kappa shape index (κ1) is 17.4. The Labute approximate surface area is 141 Å². The summed E-state index contributed by atoms with van der Waals surface area (Å²) >= 11 is 1.44. The van der Waals surface area contributed by atoms with Gasteiger partial charge in [0.1, 0.15) is 10.8 Å². The van der Waals surface area contributed by atoms with E-state index in [1.807, 2.05) is 37.3 Å². The molecule has 124 valence electrons. The van der Waals surface area contributed by atoms with Crippen molar-refractivity contribution >= 4 is 22.4 Å². The lowest BCUT2D eigenvalue weighted by molar-refractivity contribution is -0.122. The van der Waals surface area contributed by atoms with Gasteiger partial charge < -0.3 is 4.74 Å². The summed E-state index contributed by atoms with van der Waals surface area (Å²) in [4.78, 5) is 12.3. The van der Waals surface area contributed by atoms with E-state index in [0.29, 0.717) is 17.3 Å². The second kappa shape index (κ2) is 9.25. The summed E-state index contributed by atoms with van der Waals surface area (Å²) in [5, 5.41) is 12.5. The van der Waals surface area contributed by atoms with Crippen molar-refractivity contribution in [2.45, 2.75) is 52.1 Å². The molecule has 0 bridgehead atoms. The topological polar surface area (TPSA) is 64.1 Å². The SMILES string of the molecule is CCCCCc1nnc(NC(=O)C(CC)Oc2ccccc2)s1. The summed E-state index contributed by atoms with van der Waals surface area (Å²) in [6.07, 6.45) is 4.43. The van der Waals surface area contributed by atoms with Crippen LogP contribution in [0.15, 0.2) is 30.3 Å². The van der Waals surface area contributed by atoms with Gasteiger partial charge in [-0.25, -0.2) is 0 Å². The Kier molecular flexibility index (Phi) is 7.00. The molecule has 1 unspecified atom stereocenters. The number of anilines is 1. The predicted octanol–water partition coefficient (Wildman–Crippen LogP) is 4.07. The number of amides is 1. The second-order valence-corrected chi connectivity index (χ2v) is 6.34. The molecule has 0 spiro atoms. The molecule has 0 aliphatic heterocycles. The molecule has 5 nitrogen and oxygen atoms in total. The number of nitrogens with one attached hydrogen (secondary N) is 1. The molecule has 0 radical (unpaired) electrons. The number of nitrogens with zero attached hydrogens (tertiary/aromatic N) is 2. The zero-order valence-corrected chi connectivity index (χ0v) is 14.4. The molecule has 1 heterocycles. The van der Waals surface area contributed by atoms with Gasteiger partial charge in [-0.05, 0) is 25.0 Å². The molecule has 0 saturated heterocycles. The minimum atomic E-state index is -0.537. The Morgan fingerprint density at radius 3 is 2.70 bits per heavy atom. The van der Waals surface area contributed by atoms with Gasteiger partial charge in [0.05, 0.1) is 0 Å². The van der Waals surface area contributed by atoms with Gasteiger partial charge in [-0.1, -0.05) is 56.2 Å². The van der Waals surface area contributed by atoms with Gasteiger partial charge >= 0.3 is 0 Å². The minimum Gasteiger partial charge on any atom is -0.481 e. The van der Waals surface area contributed by atoms with E-state index in [0.717, 1.165) is 17.8 Å². The van der Waals surface area contributed by atoms with Crippen molar-refractivity contribution in [3.05, 3.63) is 35.3 Å². The van der Waals surface area contributed by atoms with Crippen molar-refractivity contribution in [2.24, 2.45) is 0 Å². The van der Waals surface area contributed by atoms with Crippen molar-refractivity contribution in [3.8, 4) is 5.75 Å². The summed E-state index contributed by atoms with van der Waals surface area (Å²) < 4.78 is 5.73. The van der Waals surface area contributed by atoms with Crippen LogP contribution in [0.4, 0.5) is 5.13 Å². The monoisotopic (exact) mass is 333 g/mol. The average Bonchev–Trinajstić information content (AvgIpc) is 3.01. The van der Waals surface area contributed by atoms with Crippen molar-refractivity contribution in [2.75, 3.05) is 5.32 Å². The molecule has 1 N–H and O–H groups in total. The first-order chi connectivity index (χ1) is 11.2. The highest BCUT2D eigenvalue weighted by molar-refractivity contribution is 7.15. The molecular weight excluding hydrogens is 310 g/mol. The Hall–Kier alpha value is -1.95. The van der Waals surface area contributed by atoms with Crippen LogP contribution >= 0.6 is 11.3 Å². The quantitative estimate of drug-likeness (QED) is 0.703. The van der Waals surface area contributed by atoms with Crippen LogP contribution in [0.2, 0.25) is 0 Å². The number of aryl methyl sites for hydroxylation is 1. The standard InChI is InChI=1S/C17H23N3O2S/c1-3-5-7-12-15-19-20-17(23-15)18-16(21)14(4-2)22-13-10-8-6-9-11-13/h6,8-11,14H,3-5,7,12H2,1-2H3,(H,18,20,21). The number of aromatic nitrogens is 2. The van der Waals surface area contributed by atoms with Crippen LogP contribution in [-0.4, -0.2) is 22.2 Å². The maximum Gasteiger partial charge on any atom is 0.267 e. The highest BCUT2D eigenvalue weighted by Crippen LogP contribution is 2.19. The highest BCUT2D eigenvalue weighted by atomic mass is 32.1. The number of rotatable bonds is 9. The lowest BCUT2D eigenvalue weighted by Crippen LogP contribution is -2.32. The zero-order valence-electron chi connectivity index (χ0n) is 13.6. The van der Waals surface area contributed by atoms with Crippen LogP contribution in [0.1, 0.15) is 44.5 Å². The number of hydrogen-bond acceptors (Lipinski definition) is 5. The summed E-state index contributed by atoms with van der Waals surface area (Å²) in [6, 6.07) is 9.36. The Morgan fingerprint density at radius 2 is 2.00 bits per heavy atom. The average molecular weight is 333 g/mol. The normalized spacial score (nSPS) is 11.9. The third kappa shape index (κ3) is 5.63. The van der Waals surface area contributed by atoms with Gasteiger partial charge in [-0.2, -0.15) is 0 Å². The van der Waals surface area contributed by atoms with Gasteiger partial charge in [0.25, 0.3) is 5.91 Å². The molecule has 0 aliphatic rings. The van der Waals surface area contributed by atoms with E-state index in [-0.39, 0.29) is 5.91 Å². The maximum atomic E-state index is 12.3. The lowest BCUT2D eigenvalue weighted by atomic mass is 10.2.